The lowest BCUT2D eigenvalue weighted by atomic mass is 10.1. The third kappa shape index (κ3) is 3.74. The van der Waals surface area contributed by atoms with E-state index in [0.717, 1.165) is 26.8 Å². The molecule has 1 amide bonds. The minimum atomic E-state index is -0.109. The third-order valence-electron chi connectivity index (χ3n) is 3.01. The highest BCUT2D eigenvalue weighted by Crippen LogP contribution is 2.24. The van der Waals surface area contributed by atoms with E-state index in [1.165, 1.54) is 22.7 Å². The zero-order valence-electron chi connectivity index (χ0n) is 11.8. The van der Waals surface area contributed by atoms with E-state index in [1.807, 2.05) is 43.3 Å². The molecule has 1 N–H and O–H groups in total. The molecule has 112 valence electrons. The molecule has 0 aliphatic carbocycles. The monoisotopic (exact) mass is 348 g/mol. The van der Waals surface area contributed by atoms with Gasteiger partial charge in [0.1, 0.15) is 0 Å². The van der Waals surface area contributed by atoms with Gasteiger partial charge in [0.15, 0.2) is 5.13 Å². The molecule has 0 radical (unpaired) electrons. The van der Waals surface area contributed by atoms with Gasteiger partial charge in [0.05, 0.1) is 4.88 Å². The largest absolute Gasteiger partial charge is 0.297 e. The first-order chi connectivity index (χ1) is 10.6. The zero-order chi connectivity index (χ0) is 15.5. The van der Waals surface area contributed by atoms with Gasteiger partial charge in [0.25, 0.3) is 5.91 Å². The first-order valence-electron chi connectivity index (χ1n) is 6.67. The zero-order valence-corrected chi connectivity index (χ0v) is 14.2. The van der Waals surface area contributed by atoms with Gasteiger partial charge in [-0.05, 0) is 36.8 Å². The Balaban J connectivity index is 1.67. The van der Waals surface area contributed by atoms with Crippen LogP contribution in [0.15, 0.2) is 42.6 Å². The van der Waals surface area contributed by atoms with Crippen molar-refractivity contribution in [2.75, 3.05) is 5.32 Å². The molecule has 3 nitrogen and oxygen atoms in total. The number of benzene rings is 1. The van der Waals surface area contributed by atoms with Crippen LogP contribution < -0.4 is 5.32 Å². The van der Waals surface area contributed by atoms with Gasteiger partial charge in [-0.25, -0.2) is 4.98 Å². The van der Waals surface area contributed by atoms with Crippen molar-refractivity contribution in [2.45, 2.75) is 13.3 Å². The lowest BCUT2D eigenvalue weighted by Crippen LogP contribution is -2.09. The molecule has 0 bridgehead atoms. The van der Waals surface area contributed by atoms with Crippen molar-refractivity contribution in [3.8, 4) is 0 Å². The van der Waals surface area contributed by atoms with Gasteiger partial charge < -0.3 is 0 Å². The Hall–Kier alpha value is -1.69. The number of hydrogen-bond donors (Lipinski definition) is 1. The molecular weight excluding hydrogens is 336 g/mol. The standard InChI is InChI=1S/C16H13ClN2OS2/c1-10-5-6-14(21-10)15(20)19-16-18-9-13(22-16)8-11-3-2-4-12(17)7-11/h2-7,9H,8H2,1H3,(H,18,19,20). The second-order valence-electron chi connectivity index (χ2n) is 4.80. The molecule has 0 atom stereocenters. The number of rotatable bonds is 4. The van der Waals surface area contributed by atoms with Crippen LogP contribution in [0.4, 0.5) is 5.13 Å². The van der Waals surface area contributed by atoms with E-state index in [2.05, 4.69) is 10.3 Å². The number of thiophene rings is 1. The Bertz CT molecular complexity index is 810. The predicted molar refractivity (Wildman–Crippen MR) is 93.4 cm³/mol. The van der Waals surface area contributed by atoms with Crippen LogP contribution in [0.5, 0.6) is 0 Å². The molecule has 22 heavy (non-hydrogen) atoms. The van der Waals surface area contributed by atoms with Gasteiger partial charge in [0, 0.05) is 27.4 Å². The molecule has 2 heterocycles. The number of hydrogen-bond acceptors (Lipinski definition) is 4. The molecule has 0 spiro atoms. The van der Waals surface area contributed by atoms with Gasteiger partial charge in [-0.15, -0.1) is 22.7 Å². The van der Waals surface area contributed by atoms with Crippen LogP contribution in [0.25, 0.3) is 0 Å². The Labute approximate surface area is 141 Å². The Kier molecular flexibility index (Phi) is 4.57. The van der Waals surface area contributed by atoms with Crippen molar-refractivity contribution >= 4 is 45.3 Å². The molecule has 0 saturated heterocycles. The number of aromatic nitrogens is 1. The van der Waals surface area contributed by atoms with E-state index in [0.29, 0.717) is 10.0 Å². The number of nitrogens with zero attached hydrogens (tertiary/aromatic N) is 1. The highest BCUT2D eigenvalue weighted by Gasteiger charge is 2.11. The van der Waals surface area contributed by atoms with E-state index in [4.69, 9.17) is 11.6 Å². The van der Waals surface area contributed by atoms with Gasteiger partial charge in [-0.3, -0.25) is 10.1 Å². The fraction of sp³-hybridized carbons (Fsp3) is 0.125. The summed E-state index contributed by atoms with van der Waals surface area (Å²) >= 11 is 8.94. The number of aryl methyl sites for hydroxylation is 1. The molecule has 3 aromatic rings. The molecule has 0 aliphatic heterocycles. The Morgan fingerprint density at radius 3 is 2.86 bits per heavy atom. The van der Waals surface area contributed by atoms with Crippen molar-refractivity contribution in [3.05, 3.63) is 67.8 Å². The van der Waals surface area contributed by atoms with Crippen molar-refractivity contribution in [1.29, 1.82) is 0 Å². The molecule has 0 unspecified atom stereocenters. The van der Waals surface area contributed by atoms with E-state index in [1.54, 1.807) is 6.20 Å². The van der Waals surface area contributed by atoms with Crippen LogP contribution in [0.3, 0.4) is 0 Å². The van der Waals surface area contributed by atoms with Crippen LogP contribution in [-0.4, -0.2) is 10.9 Å². The lowest BCUT2D eigenvalue weighted by molar-refractivity contribution is 0.103. The maximum absolute atomic E-state index is 12.1. The minimum absolute atomic E-state index is 0.109. The van der Waals surface area contributed by atoms with Gasteiger partial charge >= 0.3 is 0 Å². The van der Waals surface area contributed by atoms with Crippen molar-refractivity contribution in [2.24, 2.45) is 0 Å². The van der Waals surface area contributed by atoms with Gasteiger partial charge in [-0.2, -0.15) is 0 Å². The molecule has 3 rings (SSSR count). The first kappa shape index (κ1) is 15.2. The topological polar surface area (TPSA) is 42.0 Å². The van der Waals surface area contributed by atoms with Crippen molar-refractivity contribution in [3.63, 3.8) is 0 Å². The highest BCUT2D eigenvalue weighted by atomic mass is 35.5. The average molecular weight is 349 g/mol. The van der Waals surface area contributed by atoms with Crippen LogP contribution in [0.2, 0.25) is 5.02 Å². The number of halogens is 1. The number of thiazole rings is 1. The summed E-state index contributed by atoms with van der Waals surface area (Å²) in [7, 11) is 0. The number of nitrogens with one attached hydrogen (secondary N) is 1. The molecule has 0 saturated carbocycles. The maximum Gasteiger partial charge on any atom is 0.267 e. The Morgan fingerprint density at radius 1 is 1.27 bits per heavy atom. The molecular formula is C16H13ClN2OS2. The predicted octanol–water partition coefficient (Wildman–Crippen LogP) is 5.01. The number of carbonyl (C=O) groups is 1. The third-order valence-corrected chi connectivity index (χ3v) is 5.15. The van der Waals surface area contributed by atoms with E-state index in [9.17, 15) is 4.79 Å². The fourth-order valence-electron chi connectivity index (χ4n) is 2.01. The summed E-state index contributed by atoms with van der Waals surface area (Å²) in [5, 5.41) is 4.19. The Morgan fingerprint density at radius 2 is 2.14 bits per heavy atom. The van der Waals surface area contributed by atoms with E-state index >= 15 is 0 Å². The lowest BCUT2D eigenvalue weighted by Gasteiger charge is -1.99. The maximum atomic E-state index is 12.1. The second-order valence-corrected chi connectivity index (χ2v) is 7.64. The number of anilines is 1. The molecule has 1 aromatic carbocycles. The normalized spacial score (nSPS) is 10.6. The van der Waals surface area contributed by atoms with Crippen LogP contribution in [-0.2, 0) is 6.42 Å². The van der Waals surface area contributed by atoms with E-state index < -0.39 is 0 Å². The summed E-state index contributed by atoms with van der Waals surface area (Å²) < 4.78 is 0. The fourth-order valence-corrected chi connectivity index (χ4v) is 3.83. The summed E-state index contributed by atoms with van der Waals surface area (Å²) in [5.74, 6) is -0.109. The van der Waals surface area contributed by atoms with Crippen LogP contribution in [0.1, 0.15) is 25.0 Å². The molecule has 0 aliphatic rings. The van der Waals surface area contributed by atoms with Crippen LogP contribution >= 0.6 is 34.3 Å². The highest BCUT2D eigenvalue weighted by molar-refractivity contribution is 7.16. The number of carbonyl (C=O) groups excluding carboxylic acids is 1. The van der Waals surface area contributed by atoms with Gasteiger partial charge in [-0.1, -0.05) is 23.7 Å². The van der Waals surface area contributed by atoms with Crippen molar-refractivity contribution < 1.29 is 4.79 Å². The number of amides is 1. The molecule has 2 aromatic heterocycles. The second kappa shape index (κ2) is 6.60. The van der Waals surface area contributed by atoms with Crippen molar-refractivity contribution in [1.82, 2.24) is 4.98 Å². The van der Waals surface area contributed by atoms with Gasteiger partial charge in [0.2, 0.25) is 0 Å². The summed E-state index contributed by atoms with van der Waals surface area (Å²) in [4.78, 5) is 19.3. The molecule has 0 fully saturated rings. The summed E-state index contributed by atoms with van der Waals surface area (Å²) in [6, 6.07) is 11.5. The average Bonchev–Trinajstić information content (AvgIpc) is 3.08. The SMILES string of the molecule is Cc1ccc(C(=O)Nc2ncc(Cc3cccc(Cl)c3)s2)s1. The minimum Gasteiger partial charge on any atom is -0.297 e. The first-order valence-corrected chi connectivity index (χ1v) is 8.68. The van der Waals surface area contributed by atoms with E-state index in [-0.39, 0.29) is 5.91 Å². The molecule has 6 heteroatoms. The van der Waals surface area contributed by atoms with Crippen LogP contribution in [0, 0.1) is 6.92 Å². The summed E-state index contributed by atoms with van der Waals surface area (Å²) in [6.07, 6.45) is 2.55. The summed E-state index contributed by atoms with van der Waals surface area (Å²) in [6.45, 7) is 1.98. The quantitative estimate of drug-likeness (QED) is 0.720. The summed E-state index contributed by atoms with van der Waals surface area (Å²) in [5.41, 5.74) is 1.13. The smallest absolute Gasteiger partial charge is 0.267 e.